The normalized spacial score (nSPS) is 36.6. The van der Waals surface area contributed by atoms with Gasteiger partial charge < -0.3 is 35.8 Å². The Morgan fingerprint density at radius 3 is 2.39 bits per heavy atom. The van der Waals surface area contributed by atoms with E-state index in [4.69, 9.17) is 39.0 Å². The minimum atomic E-state index is -4.93. The van der Waals surface area contributed by atoms with Gasteiger partial charge in [0, 0.05) is 6.42 Å². The van der Waals surface area contributed by atoms with E-state index in [2.05, 4.69) is 29.9 Å². The number of aliphatic hydroxyl groups is 1. The number of imidazole rings is 2. The zero-order valence-corrected chi connectivity index (χ0v) is 23.9. The van der Waals surface area contributed by atoms with Gasteiger partial charge in [0.1, 0.15) is 36.3 Å². The van der Waals surface area contributed by atoms with Crippen LogP contribution in [0.3, 0.4) is 0 Å². The minimum Gasteiger partial charge on any atom is -0.386 e. The molecule has 0 aliphatic carbocycles. The summed E-state index contributed by atoms with van der Waals surface area (Å²) in [6.45, 7) is -1.30. The number of ether oxygens (including phenoxy) is 2. The molecule has 0 saturated carbocycles. The monoisotopic (exact) mass is 658 g/mol. The van der Waals surface area contributed by atoms with Gasteiger partial charge in [-0.1, -0.05) is 0 Å². The van der Waals surface area contributed by atoms with Gasteiger partial charge in [-0.15, -0.1) is 0 Å². The predicted molar refractivity (Wildman–Crippen MR) is 142 cm³/mol. The van der Waals surface area contributed by atoms with Gasteiger partial charge >= 0.3 is 15.6 Å². The average Bonchev–Trinajstić information content (AvgIpc) is 3.72. The van der Waals surface area contributed by atoms with Crippen molar-refractivity contribution in [2.24, 2.45) is 0 Å². The smallest absolute Gasteiger partial charge is 0.386 e. The molecule has 3 fully saturated rings. The summed E-state index contributed by atoms with van der Waals surface area (Å²) in [4.78, 5) is 56.0. The molecule has 3 saturated heterocycles. The predicted octanol–water partition coefficient (Wildman–Crippen LogP) is -1.31. The van der Waals surface area contributed by atoms with Crippen molar-refractivity contribution in [3.63, 3.8) is 0 Å². The van der Waals surface area contributed by atoms with Crippen LogP contribution in [0, 0.1) is 0 Å². The lowest BCUT2D eigenvalue weighted by atomic mass is 10.1. The second-order valence-electron chi connectivity index (χ2n) is 10.0. The summed E-state index contributed by atoms with van der Waals surface area (Å²) in [5, 5.41) is 11.1. The molecule has 236 valence electrons. The van der Waals surface area contributed by atoms with Crippen molar-refractivity contribution >= 4 is 49.7 Å². The second-order valence-corrected chi connectivity index (χ2v) is 12.9. The standard InChI is InChI=1S/C20H24N10O12P2/c21-14-10-15(24-4-23-14)29(5-25-10)19-12(31)13-9(40-19)3-38-43(33,34)41-8-1-7(2-37-44(35,36)42-13)39-18(8)30-6-26-11-16(30)27-20(22)28-17(11)32/h4-9,12-13,18-19,31H,1-3H2,(H,33,34)(H,35,36)(H2,21,23,24)(H3,22,27,28,32)/t7-,8?,9+,12-,13?,18+,19+/m0/s1. The highest BCUT2D eigenvalue weighted by molar-refractivity contribution is 7.47. The number of nitrogens with one attached hydrogen (secondary N) is 1. The third-order valence-corrected chi connectivity index (χ3v) is 9.19. The van der Waals surface area contributed by atoms with E-state index in [1.54, 1.807) is 0 Å². The first-order chi connectivity index (χ1) is 20.9. The van der Waals surface area contributed by atoms with Gasteiger partial charge in [-0.25, -0.2) is 29.1 Å². The van der Waals surface area contributed by atoms with Crippen LogP contribution in [0.15, 0.2) is 23.8 Å². The lowest BCUT2D eigenvalue weighted by molar-refractivity contribution is -0.0670. The van der Waals surface area contributed by atoms with Crippen molar-refractivity contribution < 1.29 is 51.6 Å². The summed E-state index contributed by atoms with van der Waals surface area (Å²) in [6.07, 6.45) is -5.96. The summed E-state index contributed by atoms with van der Waals surface area (Å²) >= 11 is 0. The van der Waals surface area contributed by atoms with E-state index in [0.29, 0.717) is 0 Å². The number of anilines is 2. The van der Waals surface area contributed by atoms with Crippen molar-refractivity contribution in [2.75, 3.05) is 24.7 Å². The number of rotatable bonds is 2. The molecule has 3 aliphatic heterocycles. The Morgan fingerprint density at radius 2 is 1.59 bits per heavy atom. The maximum absolute atomic E-state index is 13.2. The van der Waals surface area contributed by atoms with Crippen LogP contribution in [-0.4, -0.2) is 97.7 Å². The number of aromatic nitrogens is 8. The number of nitrogen functional groups attached to an aromatic ring is 2. The van der Waals surface area contributed by atoms with Gasteiger partial charge in [0.2, 0.25) is 5.95 Å². The molecule has 2 bridgehead atoms. The first kappa shape index (κ1) is 29.3. The summed E-state index contributed by atoms with van der Waals surface area (Å²) in [5.41, 5.74) is 11.1. The molecule has 22 nitrogen and oxygen atoms in total. The Balaban J connectivity index is 1.19. The van der Waals surface area contributed by atoms with Crippen molar-refractivity contribution in [2.45, 2.75) is 49.4 Å². The molecule has 7 rings (SSSR count). The van der Waals surface area contributed by atoms with Crippen LogP contribution in [0.4, 0.5) is 11.8 Å². The number of aromatic amines is 1. The van der Waals surface area contributed by atoms with E-state index in [1.165, 1.54) is 28.1 Å². The number of phosphoric acid groups is 2. The Hall–Kier alpha value is -3.40. The number of H-pyrrole nitrogens is 1. The minimum absolute atomic E-state index is 0.0151. The molecule has 4 unspecified atom stereocenters. The van der Waals surface area contributed by atoms with E-state index < -0.39 is 77.4 Å². The molecule has 3 aliphatic rings. The summed E-state index contributed by atoms with van der Waals surface area (Å²) in [6, 6.07) is 0. The molecule has 8 N–H and O–H groups in total. The lowest BCUT2D eigenvalue weighted by Gasteiger charge is -2.25. The van der Waals surface area contributed by atoms with Gasteiger partial charge in [0.05, 0.1) is 32.0 Å². The summed E-state index contributed by atoms with van der Waals surface area (Å²) in [5.74, 6) is -0.164. The third kappa shape index (κ3) is 5.18. The topological polar surface area (TPSA) is 309 Å². The van der Waals surface area contributed by atoms with Gasteiger partial charge in [-0.3, -0.25) is 37.0 Å². The van der Waals surface area contributed by atoms with Crippen molar-refractivity contribution in [3.8, 4) is 0 Å². The number of hydrogen-bond acceptors (Lipinski definition) is 17. The first-order valence-electron chi connectivity index (χ1n) is 12.8. The molecular weight excluding hydrogens is 634 g/mol. The third-order valence-electron chi connectivity index (χ3n) is 7.19. The molecule has 0 spiro atoms. The molecule has 44 heavy (non-hydrogen) atoms. The average molecular weight is 658 g/mol. The Bertz CT molecular complexity index is 1900. The van der Waals surface area contributed by atoms with Crippen LogP contribution in [0.25, 0.3) is 22.3 Å². The zero-order valence-electron chi connectivity index (χ0n) is 22.1. The van der Waals surface area contributed by atoms with Gasteiger partial charge in [-0.2, -0.15) is 4.98 Å². The lowest BCUT2D eigenvalue weighted by Crippen LogP contribution is -2.36. The van der Waals surface area contributed by atoms with Crippen LogP contribution in [0.5, 0.6) is 0 Å². The van der Waals surface area contributed by atoms with Crippen LogP contribution in [-0.2, 0) is 36.7 Å². The zero-order chi connectivity index (χ0) is 31.0. The van der Waals surface area contributed by atoms with Gasteiger partial charge in [0.25, 0.3) is 5.56 Å². The molecule has 4 aromatic heterocycles. The summed E-state index contributed by atoms with van der Waals surface area (Å²) < 4.78 is 61.7. The highest BCUT2D eigenvalue weighted by Crippen LogP contribution is 2.53. The van der Waals surface area contributed by atoms with Crippen LogP contribution in [0.2, 0.25) is 0 Å². The van der Waals surface area contributed by atoms with E-state index >= 15 is 0 Å². The van der Waals surface area contributed by atoms with Crippen LogP contribution < -0.4 is 17.0 Å². The fourth-order valence-corrected chi connectivity index (χ4v) is 7.21. The number of nitrogens with two attached hydrogens (primary N) is 2. The Kier molecular flexibility index (Phi) is 7.06. The number of aliphatic hydroxyl groups excluding tert-OH is 1. The number of hydrogen-bond donors (Lipinski definition) is 6. The van der Waals surface area contributed by atoms with E-state index in [-0.39, 0.29) is 40.5 Å². The van der Waals surface area contributed by atoms with Gasteiger partial charge in [-0.05, 0) is 0 Å². The number of fused-ring (bicyclic) bond motifs is 5. The van der Waals surface area contributed by atoms with Crippen molar-refractivity contribution in [1.82, 2.24) is 39.0 Å². The second kappa shape index (κ2) is 10.6. The molecule has 4 aromatic rings. The fourth-order valence-electron chi connectivity index (χ4n) is 5.29. The molecule has 0 aromatic carbocycles. The molecule has 7 heterocycles. The quantitative estimate of drug-likeness (QED) is 0.136. The van der Waals surface area contributed by atoms with Crippen LogP contribution >= 0.6 is 15.6 Å². The number of phosphoric ester groups is 2. The fraction of sp³-hybridized carbons (Fsp3) is 0.500. The Morgan fingerprint density at radius 1 is 0.886 bits per heavy atom. The SMILES string of the molecule is Nc1nc2c(ncn2[C@@H]2O[C@@H]3COP(=O)(O)OC4[C@@H](COP(=O)(O)OC2C3)O[C@@H](n2cnc3c(N)ncnc32)[C@H]4O)c(=O)[nH]1. The Labute approximate surface area is 244 Å². The molecule has 9 atom stereocenters. The maximum Gasteiger partial charge on any atom is 0.472 e. The largest absolute Gasteiger partial charge is 0.472 e. The molecule has 0 radical (unpaired) electrons. The van der Waals surface area contributed by atoms with E-state index in [0.717, 1.165) is 0 Å². The van der Waals surface area contributed by atoms with E-state index in [1.807, 2.05) is 0 Å². The molecule has 24 heteroatoms. The molecule has 0 amide bonds. The summed E-state index contributed by atoms with van der Waals surface area (Å²) in [7, 11) is -9.84. The highest BCUT2D eigenvalue weighted by atomic mass is 31.2. The van der Waals surface area contributed by atoms with Gasteiger partial charge in [0.15, 0.2) is 35.1 Å². The van der Waals surface area contributed by atoms with E-state index in [9.17, 15) is 28.8 Å². The van der Waals surface area contributed by atoms with Crippen molar-refractivity contribution in [1.29, 1.82) is 0 Å². The maximum atomic E-state index is 13.2. The first-order valence-corrected chi connectivity index (χ1v) is 15.8. The number of nitrogens with zero attached hydrogens (tertiary/aromatic N) is 7. The van der Waals surface area contributed by atoms with Crippen LogP contribution in [0.1, 0.15) is 18.9 Å². The highest BCUT2D eigenvalue weighted by Gasteiger charge is 2.51. The molecular formula is C20H24N10O12P2. The van der Waals surface area contributed by atoms with Crippen molar-refractivity contribution in [3.05, 3.63) is 29.3 Å².